The van der Waals surface area contributed by atoms with Crippen LogP contribution in [0.2, 0.25) is 0 Å². The van der Waals surface area contributed by atoms with E-state index in [0.717, 1.165) is 6.42 Å². The predicted molar refractivity (Wildman–Crippen MR) is 54.2 cm³/mol. The summed E-state index contributed by atoms with van der Waals surface area (Å²) in [4.78, 5) is 11.2. The summed E-state index contributed by atoms with van der Waals surface area (Å²) in [5.74, 6) is 0.829. The van der Waals surface area contributed by atoms with Crippen molar-refractivity contribution >= 4 is 16.6 Å². The van der Waals surface area contributed by atoms with Gasteiger partial charge in [-0.1, -0.05) is 13.8 Å². The SMILES string of the molecule is COCCCS(=O)CC(=O)C(C)C. The zero-order valence-electron chi connectivity index (χ0n) is 8.54. The topological polar surface area (TPSA) is 43.4 Å². The number of hydrogen-bond donors (Lipinski definition) is 0. The Hall–Kier alpha value is -0.220. The van der Waals surface area contributed by atoms with E-state index in [1.165, 1.54) is 0 Å². The van der Waals surface area contributed by atoms with Gasteiger partial charge in [0.05, 0.1) is 5.75 Å². The molecule has 0 spiro atoms. The number of ketones is 1. The van der Waals surface area contributed by atoms with Gasteiger partial charge < -0.3 is 4.74 Å². The van der Waals surface area contributed by atoms with Crippen LogP contribution in [0.15, 0.2) is 0 Å². The second-order valence-electron chi connectivity index (χ2n) is 3.26. The summed E-state index contributed by atoms with van der Waals surface area (Å²) < 4.78 is 16.1. The van der Waals surface area contributed by atoms with Gasteiger partial charge in [0.15, 0.2) is 0 Å². The number of carbonyl (C=O) groups is 1. The molecule has 0 N–H and O–H groups in total. The van der Waals surface area contributed by atoms with Gasteiger partial charge in [-0.3, -0.25) is 9.00 Å². The third kappa shape index (κ3) is 6.90. The fourth-order valence-corrected chi connectivity index (χ4v) is 2.00. The second kappa shape index (κ2) is 7.21. The Bertz CT molecular complexity index is 178. The molecule has 0 rings (SSSR count). The average molecular weight is 206 g/mol. The molecule has 0 bridgehead atoms. The van der Waals surface area contributed by atoms with Crippen LogP contribution < -0.4 is 0 Å². The van der Waals surface area contributed by atoms with E-state index < -0.39 is 10.8 Å². The Morgan fingerprint density at radius 3 is 2.54 bits per heavy atom. The lowest BCUT2D eigenvalue weighted by Crippen LogP contribution is -2.18. The van der Waals surface area contributed by atoms with Crippen molar-refractivity contribution in [3.05, 3.63) is 0 Å². The molecule has 3 nitrogen and oxygen atoms in total. The number of ether oxygens (including phenoxy) is 1. The minimum Gasteiger partial charge on any atom is -0.385 e. The van der Waals surface area contributed by atoms with Gasteiger partial charge >= 0.3 is 0 Å². The Kier molecular flexibility index (Phi) is 7.09. The van der Waals surface area contributed by atoms with E-state index in [1.54, 1.807) is 7.11 Å². The first kappa shape index (κ1) is 12.8. The van der Waals surface area contributed by atoms with Gasteiger partial charge in [-0.25, -0.2) is 0 Å². The van der Waals surface area contributed by atoms with Crippen LogP contribution >= 0.6 is 0 Å². The van der Waals surface area contributed by atoms with Gasteiger partial charge in [0, 0.05) is 36.2 Å². The van der Waals surface area contributed by atoms with E-state index in [4.69, 9.17) is 4.74 Å². The highest BCUT2D eigenvalue weighted by molar-refractivity contribution is 7.85. The summed E-state index contributed by atoms with van der Waals surface area (Å²) >= 11 is 0. The molecule has 0 aromatic carbocycles. The molecular formula is C9H18O3S. The number of Topliss-reactive ketones (excluding diaryl/α,β-unsaturated/α-hetero) is 1. The van der Waals surface area contributed by atoms with Crippen LogP contribution in [0.1, 0.15) is 20.3 Å². The van der Waals surface area contributed by atoms with E-state index in [0.29, 0.717) is 12.4 Å². The molecule has 0 aliphatic carbocycles. The highest BCUT2D eigenvalue weighted by atomic mass is 32.2. The summed E-state index contributed by atoms with van der Waals surface area (Å²) in [6.45, 7) is 4.27. The lowest BCUT2D eigenvalue weighted by atomic mass is 10.1. The van der Waals surface area contributed by atoms with Crippen molar-refractivity contribution in [1.82, 2.24) is 0 Å². The fourth-order valence-electron chi connectivity index (χ4n) is 0.762. The van der Waals surface area contributed by atoms with E-state index in [9.17, 15) is 9.00 Å². The molecule has 13 heavy (non-hydrogen) atoms. The first-order valence-corrected chi connectivity index (χ1v) is 5.93. The summed E-state index contributed by atoms with van der Waals surface area (Å²) in [5, 5.41) is 0. The highest BCUT2D eigenvalue weighted by Gasteiger charge is 2.10. The molecule has 78 valence electrons. The third-order valence-electron chi connectivity index (χ3n) is 1.67. The molecule has 0 aliphatic heterocycles. The monoisotopic (exact) mass is 206 g/mol. The Balaban J connectivity index is 3.56. The van der Waals surface area contributed by atoms with Crippen molar-refractivity contribution in [2.75, 3.05) is 25.2 Å². The van der Waals surface area contributed by atoms with Crippen molar-refractivity contribution in [2.24, 2.45) is 5.92 Å². The summed E-state index contributed by atoms with van der Waals surface area (Å²) in [5.41, 5.74) is 0. The molecule has 0 radical (unpaired) electrons. The molecule has 0 amide bonds. The van der Waals surface area contributed by atoms with Crippen molar-refractivity contribution in [2.45, 2.75) is 20.3 Å². The van der Waals surface area contributed by atoms with Gasteiger partial charge in [-0.05, 0) is 6.42 Å². The normalized spacial score (nSPS) is 13.2. The minimum atomic E-state index is -1.00. The molecule has 1 unspecified atom stereocenters. The summed E-state index contributed by atoms with van der Waals surface area (Å²) in [7, 11) is 0.612. The van der Waals surface area contributed by atoms with Crippen molar-refractivity contribution in [1.29, 1.82) is 0 Å². The Morgan fingerprint density at radius 2 is 2.08 bits per heavy atom. The zero-order chi connectivity index (χ0) is 10.3. The van der Waals surface area contributed by atoms with E-state index in [2.05, 4.69) is 0 Å². The molecule has 0 aliphatic rings. The maximum absolute atomic E-state index is 11.3. The molecule has 0 aromatic rings. The van der Waals surface area contributed by atoms with Gasteiger partial charge in [0.1, 0.15) is 5.78 Å². The number of methoxy groups -OCH3 is 1. The third-order valence-corrected chi connectivity index (χ3v) is 3.02. The van der Waals surface area contributed by atoms with Crippen LogP contribution in [0, 0.1) is 5.92 Å². The molecule has 4 heteroatoms. The van der Waals surface area contributed by atoms with E-state index >= 15 is 0 Å². The molecule has 0 fully saturated rings. The van der Waals surface area contributed by atoms with Gasteiger partial charge in [0.2, 0.25) is 0 Å². The maximum Gasteiger partial charge on any atom is 0.147 e. The number of rotatable bonds is 7. The number of carbonyl (C=O) groups excluding carboxylic acids is 1. The second-order valence-corrected chi connectivity index (χ2v) is 4.83. The number of hydrogen-bond acceptors (Lipinski definition) is 3. The molecule has 0 heterocycles. The van der Waals surface area contributed by atoms with Crippen molar-refractivity contribution < 1.29 is 13.7 Å². The van der Waals surface area contributed by atoms with Gasteiger partial charge in [-0.2, -0.15) is 0 Å². The van der Waals surface area contributed by atoms with Crippen LogP contribution in [0.4, 0.5) is 0 Å². The smallest absolute Gasteiger partial charge is 0.147 e. The average Bonchev–Trinajstić information content (AvgIpc) is 2.04. The standard InChI is InChI=1S/C9H18O3S/c1-8(2)9(10)7-13(11)6-4-5-12-3/h8H,4-7H2,1-3H3. The largest absolute Gasteiger partial charge is 0.385 e. The highest BCUT2D eigenvalue weighted by Crippen LogP contribution is 1.97. The molecule has 0 saturated carbocycles. The molecule has 0 aromatic heterocycles. The van der Waals surface area contributed by atoms with Gasteiger partial charge in [-0.15, -0.1) is 0 Å². The fraction of sp³-hybridized carbons (Fsp3) is 0.889. The van der Waals surface area contributed by atoms with Crippen LogP contribution in [0.3, 0.4) is 0 Å². The minimum absolute atomic E-state index is 0.00799. The van der Waals surface area contributed by atoms with Crippen LogP contribution in [-0.2, 0) is 20.3 Å². The van der Waals surface area contributed by atoms with Gasteiger partial charge in [0.25, 0.3) is 0 Å². The molecular weight excluding hydrogens is 188 g/mol. The first-order valence-electron chi connectivity index (χ1n) is 4.44. The lowest BCUT2D eigenvalue weighted by molar-refractivity contribution is -0.119. The van der Waals surface area contributed by atoms with E-state index in [-0.39, 0.29) is 17.5 Å². The summed E-state index contributed by atoms with van der Waals surface area (Å²) in [6, 6.07) is 0. The lowest BCUT2D eigenvalue weighted by Gasteiger charge is -2.03. The Morgan fingerprint density at radius 1 is 1.46 bits per heavy atom. The molecule has 1 atom stereocenters. The molecule has 0 saturated heterocycles. The zero-order valence-corrected chi connectivity index (χ0v) is 9.36. The summed E-state index contributed by atoms with van der Waals surface area (Å²) in [6.07, 6.45) is 0.758. The quantitative estimate of drug-likeness (QED) is 0.584. The maximum atomic E-state index is 11.3. The van der Waals surface area contributed by atoms with Crippen LogP contribution in [0.25, 0.3) is 0 Å². The van der Waals surface area contributed by atoms with Crippen molar-refractivity contribution in [3.63, 3.8) is 0 Å². The van der Waals surface area contributed by atoms with E-state index in [1.807, 2.05) is 13.8 Å². The Labute approximate surface area is 82.3 Å². The van der Waals surface area contributed by atoms with Crippen LogP contribution in [0.5, 0.6) is 0 Å². The van der Waals surface area contributed by atoms with Crippen LogP contribution in [-0.4, -0.2) is 35.2 Å². The predicted octanol–water partition coefficient (Wildman–Crippen LogP) is 0.997. The first-order chi connectivity index (χ1) is 6.07. The van der Waals surface area contributed by atoms with Crippen molar-refractivity contribution in [3.8, 4) is 0 Å².